The molecule has 7 nitrogen and oxygen atoms in total. The molecule has 7 heteroatoms. The van der Waals surface area contributed by atoms with Crippen LogP contribution in [0.15, 0.2) is 0 Å². The van der Waals surface area contributed by atoms with Gasteiger partial charge in [0.25, 0.3) is 0 Å². The number of carboxylic acids is 1. The zero-order valence-corrected chi connectivity index (χ0v) is 12.1. The fraction of sp³-hybridized carbons (Fsp3) is 0.750. The zero-order valence-electron chi connectivity index (χ0n) is 12.1. The van der Waals surface area contributed by atoms with E-state index in [1.807, 2.05) is 13.8 Å². The standard InChI is InChI=1S/C12H23N3O4/c1-7(2)10(11(17)18)14-12(19)13-6-9(16)15(5)8(3)4/h7-8,10H,6H2,1-5H3,(H,17,18)(H2,13,14,19). The molecule has 0 aliphatic heterocycles. The minimum absolute atomic E-state index is 0.0415. The van der Waals surface area contributed by atoms with Gasteiger partial charge in [-0.2, -0.15) is 0 Å². The van der Waals surface area contributed by atoms with Crippen molar-refractivity contribution in [2.45, 2.75) is 39.8 Å². The molecule has 110 valence electrons. The van der Waals surface area contributed by atoms with E-state index in [9.17, 15) is 14.4 Å². The average molecular weight is 273 g/mol. The van der Waals surface area contributed by atoms with Gasteiger partial charge in [-0.15, -0.1) is 0 Å². The van der Waals surface area contributed by atoms with Gasteiger partial charge in [0.1, 0.15) is 6.04 Å². The number of aliphatic carboxylic acids is 1. The molecule has 0 aromatic heterocycles. The second-order valence-corrected chi connectivity index (χ2v) is 4.99. The van der Waals surface area contributed by atoms with Gasteiger partial charge in [-0.3, -0.25) is 4.79 Å². The molecule has 0 saturated carbocycles. The quantitative estimate of drug-likeness (QED) is 0.646. The van der Waals surface area contributed by atoms with E-state index < -0.39 is 18.0 Å². The highest BCUT2D eigenvalue weighted by Crippen LogP contribution is 2.01. The number of amides is 3. The van der Waals surface area contributed by atoms with Gasteiger partial charge in [0.15, 0.2) is 0 Å². The summed E-state index contributed by atoms with van der Waals surface area (Å²) < 4.78 is 0. The first kappa shape index (κ1) is 17.2. The predicted molar refractivity (Wildman–Crippen MR) is 70.7 cm³/mol. The minimum atomic E-state index is -1.10. The normalized spacial score (nSPS) is 12.2. The van der Waals surface area contributed by atoms with Crippen molar-refractivity contribution < 1.29 is 19.5 Å². The topological polar surface area (TPSA) is 98.7 Å². The highest BCUT2D eigenvalue weighted by Gasteiger charge is 2.23. The summed E-state index contributed by atoms with van der Waals surface area (Å²) in [6, 6.07) is -1.59. The lowest BCUT2D eigenvalue weighted by Gasteiger charge is -2.22. The van der Waals surface area contributed by atoms with Crippen molar-refractivity contribution in [1.82, 2.24) is 15.5 Å². The number of rotatable bonds is 6. The van der Waals surface area contributed by atoms with Crippen LogP contribution >= 0.6 is 0 Å². The fourth-order valence-electron chi connectivity index (χ4n) is 1.27. The van der Waals surface area contributed by atoms with Crippen molar-refractivity contribution in [3.63, 3.8) is 0 Å². The first-order chi connectivity index (χ1) is 8.66. The summed E-state index contributed by atoms with van der Waals surface area (Å²) >= 11 is 0. The number of carbonyl (C=O) groups is 3. The molecule has 0 fully saturated rings. The molecule has 3 N–H and O–H groups in total. The third-order valence-electron chi connectivity index (χ3n) is 2.79. The lowest BCUT2D eigenvalue weighted by atomic mass is 10.1. The first-order valence-corrected chi connectivity index (χ1v) is 6.19. The summed E-state index contributed by atoms with van der Waals surface area (Å²) in [5.74, 6) is -1.57. The molecule has 0 aliphatic carbocycles. The second kappa shape index (κ2) is 7.60. The Morgan fingerprint density at radius 1 is 1.16 bits per heavy atom. The maximum Gasteiger partial charge on any atom is 0.326 e. The van der Waals surface area contributed by atoms with Crippen LogP contribution in [0.25, 0.3) is 0 Å². The van der Waals surface area contributed by atoms with Crippen LogP contribution in [0, 0.1) is 5.92 Å². The summed E-state index contributed by atoms with van der Waals surface area (Å²) in [6.07, 6.45) is 0. The zero-order chi connectivity index (χ0) is 15.2. The van der Waals surface area contributed by atoms with Gasteiger partial charge >= 0.3 is 12.0 Å². The van der Waals surface area contributed by atoms with Crippen molar-refractivity contribution in [3.05, 3.63) is 0 Å². The van der Waals surface area contributed by atoms with E-state index in [1.54, 1.807) is 20.9 Å². The van der Waals surface area contributed by atoms with Gasteiger partial charge in [0.05, 0.1) is 6.54 Å². The monoisotopic (exact) mass is 273 g/mol. The van der Waals surface area contributed by atoms with E-state index in [0.717, 1.165) is 0 Å². The van der Waals surface area contributed by atoms with Crippen LogP contribution in [0.4, 0.5) is 4.79 Å². The third kappa shape index (κ3) is 6.08. The van der Waals surface area contributed by atoms with E-state index in [0.29, 0.717) is 0 Å². The molecule has 0 aromatic carbocycles. The molecule has 0 spiro atoms. The summed E-state index contributed by atoms with van der Waals surface area (Å²) in [5.41, 5.74) is 0. The smallest absolute Gasteiger partial charge is 0.326 e. The number of hydrogen-bond donors (Lipinski definition) is 3. The summed E-state index contributed by atoms with van der Waals surface area (Å²) in [6.45, 7) is 6.94. The van der Waals surface area contributed by atoms with Crippen LogP contribution in [0.2, 0.25) is 0 Å². The Balaban J connectivity index is 4.26. The molecular formula is C12H23N3O4. The minimum Gasteiger partial charge on any atom is -0.480 e. The SMILES string of the molecule is CC(C)C(NC(=O)NCC(=O)N(C)C(C)C)C(=O)O. The number of nitrogens with one attached hydrogen (secondary N) is 2. The Morgan fingerprint density at radius 2 is 1.68 bits per heavy atom. The third-order valence-corrected chi connectivity index (χ3v) is 2.79. The van der Waals surface area contributed by atoms with Crippen molar-refractivity contribution in [1.29, 1.82) is 0 Å². The molecule has 3 amide bonds. The Kier molecular flexibility index (Phi) is 6.89. The molecule has 1 unspecified atom stereocenters. The van der Waals surface area contributed by atoms with Crippen LogP contribution in [-0.4, -0.2) is 53.6 Å². The lowest BCUT2D eigenvalue weighted by molar-refractivity contribution is -0.140. The van der Waals surface area contributed by atoms with Crippen LogP contribution in [0.3, 0.4) is 0 Å². The predicted octanol–water partition coefficient (Wildman–Crippen LogP) is 0.262. The highest BCUT2D eigenvalue weighted by atomic mass is 16.4. The molecule has 0 rings (SSSR count). The largest absolute Gasteiger partial charge is 0.480 e. The molecule has 0 heterocycles. The average Bonchev–Trinajstić information content (AvgIpc) is 2.30. The lowest BCUT2D eigenvalue weighted by Crippen LogP contribution is -2.50. The summed E-state index contributed by atoms with van der Waals surface area (Å²) in [5, 5.41) is 13.6. The first-order valence-electron chi connectivity index (χ1n) is 6.19. The van der Waals surface area contributed by atoms with Crippen molar-refractivity contribution in [2.75, 3.05) is 13.6 Å². The van der Waals surface area contributed by atoms with Crippen molar-refractivity contribution in [2.24, 2.45) is 5.92 Å². The van der Waals surface area contributed by atoms with Crippen LogP contribution in [-0.2, 0) is 9.59 Å². The van der Waals surface area contributed by atoms with Gasteiger partial charge in [0.2, 0.25) is 5.91 Å². The Bertz CT molecular complexity index is 342. The number of carboxylic acid groups (broad SMARTS) is 1. The summed E-state index contributed by atoms with van der Waals surface area (Å²) in [4.78, 5) is 35.5. The second-order valence-electron chi connectivity index (χ2n) is 4.99. The van der Waals surface area contributed by atoms with E-state index in [1.165, 1.54) is 4.90 Å². The number of nitrogens with zero attached hydrogens (tertiary/aromatic N) is 1. The molecule has 0 aromatic rings. The Hall–Kier alpha value is -1.79. The number of urea groups is 1. The van der Waals surface area contributed by atoms with Gasteiger partial charge in [-0.25, -0.2) is 9.59 Å². The van der Waals surface area contributed by atoms with E-state index in [4.69, 9.17) is 5.11 Å². The van der Waals surface area contributed by atoms with Gasteiger partial charge in [-0.05, 0) is 19.8 Å². The number of carbonyl (C=O) groups excluding carboxylic acids is 2. The van der Waals surface area contributed by atoms with Crippen LogP contribution < -0.4 is 10.6 Å². The molecular weight excluding hydrogens is 250 g/mol. The van der Waals surface area contributed by atoms with E-state index in [2.05, 4.69) is 10.6 Å². The maximum absolute atomic E-state index is 11.6. The molecule has 1 atom stereocenters. The van der Waals surface area contributed by atoms with Gasteiger partial charge in [-0.1, -0.05) is 13.8 Å². The van der Waals surface area contributed by atoms with Crippen molar-refractivity contribution >= 4 is 17.9 Å². The van der Waals surface area contributed by atoms with E-state index in [-0.39, 0.29) is 24.4 Å². The Morgan fingerprint density at radius 3 is 2.05 bits per heavy atom. The van der Waals surface area contributed by atoms with E-state index >= 15 is 0 Å². The molecule has 0 saturated heterocycles. The molecule has 0 radical (unpaired) electrons. The van der Waals surface area contributed by atoms with Gasteiger partial charge in [0, 0.05) is 13.1 Å². The van der Waals surface area contributed by atoms with Crippen LogP contribution in [0.1, 0.15) is 27.7 Å². The fourth-order valence-corrected chi connectivity index (χ4v) is 1.27. The summed E-state index contributed by atoms with van der Waals surface area (Å²) in [7, 11) is 1.64. The molecule has 0 bridgehead atoms. The highest BCUT2D eigenvalue weighted by molar-refractivity contribution is 5.86. The van der Waals surface area contributed by atoms with Gasteiger partial charge < -0.3 is 20.6 Å². The maximum atomic E-state index is 11.6. The Labute approximate surface area is 113 Å². The van der Waals surface area contributed by atoms with Crippen molar-refractivity contribution in [3.8, 4) is 0 Å². The number of hydrogen-bond acceptors (Lipinski definition) is 3. The molecule has 0 aliphatic rings. The number of likely N-dealkylation sites (N-methyl/N-ethyl adjacent to an activating group) is 1. The molecule has 19 heavy (non-hydrogen) atoms. The van der Waals surface area contributed by atoms with Crippen LogP contribution in [0.5, 0.6) is 0 Å².